The molecule has 1 amide bonds. The number of hydrogen-bond acceptors (Lipinski definition) is 3. The van der Waals surface area contributed by atoms with E-state index >= 15 is 0 Å². The number of terminal acetylenes is 1. The molecular weight excluding hydrogens is 386 g/mol. The van der Waals surface area contributed by atoms with Gasteiger partial charge >= 0.3 is 5.97 Å². The Morgan fingerprint density at radius 3 is 2.35 bits per heavy atom. The first kappa shape index (κ1) is 25.0. The van der Waals surface area contributed by atoms with Crippen molar-refractivity contribution in [3.63, 3.8) is 0 Å². The fraction of sp³-hybridized carbons (Fsp3) is 0.630. The third-order valence-corrected chi connectivity index (χ3v) is 6.48. The normalized spacial score (nSPS) is 28.6. The largest absolute Gasteiger partial charge is 0.461 e. The summed E-state index contributed by atoms with van der Waals surface area (Å²) >= 11 is 0. The van der Waals surface area contributed by atoms with Gasteiger partial charge in [0.25, 0.3) is 0 Å². The third kappa shape index (κ3) is 8.05. The summed E-state index contributed by atoms with van der Waals surface area (Å²) in [5.74, 6) is 3.20. The molecule has 0 spiro atoms. The standard InChI is InChI=1S/C27H39NO3/c1-6-7-9-14-24-18-21(3)16-15-20(2)17-22(4)26(29)28(5)25(27(30)31-24)19-23-12-10-8-11-13-23/h1,8,10-13,20-22,24-25H,7,9,14-19H2,2-5H3/t20-,21-,22-,24-,25?/m1/s1. The van der Waals surface area contributed by atoms with Crippen LogP contribution in [-0.4, -0.2) is 36.0 Å². The molecule has 5 atom stereocenters. The van der Waals surface area contributed by atoms with Crippen molar-refractivity contribution < 1.29 is 14.3 Å². The number of ether oxygens (including phenoxy) is 1. The van der Waals surface area contributed by atoms with Gasteiger partial charge in [-0.05, 0) is 43.1 Å². The van der Waals surface area contributed by atoms with E-state index < -0.39 is 6.04 Å². The molecule has 1 aromatic carbocycles. The molecular formula is C27H39NO3. The van der Waals surface area contributed by atoms with E-state index in [2.05, 4.69) is 19.8 Å². The van der Waals surface area contributed by atoms with Crippen molar-refractivity contribution in [2.75, 3.05) is 7.05 Å². The van der Waals surface area contributed by atoms with Crippen LogP contribution in [0, 0.1) is 30.1 Å². The molecule has 1 heterocycles. The van der Waals surface area contributed by atoms with Crippen LogP contribution in [0.15, 0.2) is 30.3 Å². The van der Waals surface area contributed by atoms with Crippen molar-refractivity contribution in [1.29, 1.82) is 0 Å². The second-order valence-corrected chi connectivity index (χ2v) is 9.47. The summed E-state index contributed by atoms with van der Waals surface area (Å²) in [6.07, 6.45) is 11.9. The van der Waals surface area contributed by atoms with E-state index in [0.717, 1.165) is 44.1 Å². The van der Waals surface area contributed by atoms with Crippen LogP contribution in [0.4, 0.5) is 0 Å². The number of rotatable bonds is 5. The smallest absolute Gasteiger partial charge is 0.329 e. The van der Waals surface area contributed by atoms with Gasteiger partial charge in [0.1, 0.15) is 12.1 Å². The highest BCUT2D eigenvalue weighted by atomic mass is 16.5. The van der Waals surface area contributed by atoms with Gasteiger partial charge in [-0.15, -0.1) is 12.3 Å². The molecule has 0 bridgehead atoms. The number of hydrogen-bond donors (Lipinski definition) is 0. The summed E-state index contributed by atoms with van der Waals surface area (Å²) in [6, 6.07) is 9.22. The second kappa shape index (κ2) is 12.5. The highest BCUT2D eigenvalue weighted by molar-refractivity contribution is 5.85. The first-order chi connectivity index (χ1) is 14.8. The van der Waals surface area contributed by atoms with Crippen LogP contribution >= 0.6 is 0 Å². The average molecular weight is 426 g/mol. The molecule has 0 radical (unpaired) electrons. The average Bonchev–Trinajstić information content (AvgIpc) is 2.75. The Kier molecular flexibility index (Phi) is 10.1. The van der Waals surface area contributed by atoms with E-state index in [0.29, 0.717) is 24.7 Å². The maximum Gasteiger partial charge on any atom is 0.329 e. The van der Waals surface area contributed by atoms with E-state index in [4.69, 9.17) is 11.2 Å². The maximum absolute atomic E-state index is 13.3. The molecule has 0 N–H and O–H groups in total. The Morgan fingerprint density at radius 2 is 1.71 bits per heavy atom. The number of unbranched alkanes of at least 4 members (excludes halogenated alkanes) is 1. The van der Waals surface area contributed by atoms with E-state index in [1.807, 2.05) is 37.3 Å². The number of likely N-dealkylation sites (N-methyl/N-ethyl adjacent to an activating group) is 1. The van der Waals surface area contributed by atoms with Gasteiger partial charge in [-0.3, -0.25) is 4.79 Å². The van der Waals surface area contributed by atoms with Crippen LogP contribution in [0.1, 0.15) is 71.3 Å². The van der Waals surface area contributed by atoms with E-state index in [9.17, 15) is 9.59 Å². The number of amides is 1. The lowest BCUT2D eigenvalue weighted by molar-refractivity contribution is -0.160. The van der Waals surface area contributed by atoms with E-state index in [1.165, 1.54) is 0 Å². The van der Waals surface area contributed by atoms with Crippen LogP contribution in [-0.2, 0) is 20.7 Å². The molecule has 4 heteroatoms. The van der Waals surface area contributed by atoms with E-state index in [-0.39, 0.29) is 23.9 Å². The lowest BCUT2D eigenvalue weighted by Crippen LogP contribution is -2.47. The minimum atomic E-state index is -0.626. The Bertz CT molecular complexity index is 739. The van der Waals surface area contributed by atoms with Gasteiger partial charge in [0.2, 0.25) is 5.91 Å². The zero-order valence-corrected chi connectivity index (χ0v) is 19.7. The molecule has 170 valence electrons. The van der Waals surface area contributed by atoms with Crippen molar-refractivity contribution in [3.05, 3.63) is 35.9 Å². The highest BCUT2D eigenvalue weighted by Gasteiger charge is 2.33. The Morgan fingerprint density at radius 1 is 1.06 bits per heavy atom. The van der Waals surface area contributed by atoms with E-state index in [1.54, 1.807) is 11.9 Å². The fourth-order valence-electron chi connectivity index (χ4n) is 4.57. The van der Waals surface area contributed by atoms with Crippen molar-refractivity contribution in [3.8, 4) is 12.3 Å². The lowest BCUT2D eigenvalue weighted by Gasteiger charge is -2.31. The van der Waals surface area contributed by atoms with Crippen molar-refractivity contribution >= 4 is 11.9 Å². The predicted molar refractivity (Wildman–Crippen MR) is 125 cm³/mol. The molecule has 1 aliphatic rings. The fourth-order valence-corrected chi connectivity index (χ4v) is 4.57. The topological polar surface area (TPSA) is 46.6 Å². The number of esters is 1. The summed E-state index contributed by atoms with van der Waals surface area (Å²) < 4.78 is 6.05. The number of cyclic esters (lactones) is 1. The molecule has 1 fully saturated rings. The molecule has 31 heavy (non-hydrogen) atoms. The quantitative estimate of drug-likeness (QED) is 0.367. The molecule has 4 nitrogen and oxygen atoms in total. The number of nitrogens with zero attached hydrogens (tertiary/aromatic N) is 1. The predicted octanol–water partition coefficient (Wildman–Crippen LogP) is 5.25. The van der Waals surface area contributed by atoms with Crippen LogP contribution in [0.3, 0.4) is 0 Å². The lowest BCUT2D eigenvalue weighted by atomic mass is 9.88. The van der Waals surface area contributed by atoms with Crippen LogP contribution in [0.2, 0.25) is 0 Å². The number of benzene rings is 1. The first-order valence-electron chi connectivity index (χ1n) is 11.8. The molecule has 2 rings (SSSR count). The summed E-state index contributed by atoms with van der Waals surface area (Å²) in [7, 11) is 1.74. The van der Waals surface area contributed by atoms with Gasteiger partial charge < -0.3 is 9.64 Å². The van der Waals surface area contributed by atoms with Gasteiger partial charge in [0, 0.05) is 25.8 Å². The van der Waals surface area contributed by atoms with Crippen LogP contribution in [0.5, 0.6) is 0 Å². The van der Waals surface area contributed by atoms with Gasteiger partial charge in [0.15, 0.2) is 0 Å². The summed E-state index contributed by atoms with van der Waals surface area (Å²) in [5.41, 5.74) is 1.02. The molecule has 0 aliphatic carbocycles. The number of carbonyl (C=O) groups is 2. The minimum Gasteiger partial charge on any atom is -0.461 e. The summed E-state index contributed by atoms with van der Waals surface area (Å²) in [4.78, 5) is 28.1. The highest BCUT2D eigenvalue weighted by Crippen LogP contribution is 2.27. The van der Waals surface area contributed by atoms with Crippen molar-refractivity contribution in [1.82, 2.24) is 4.90 Å². The second-order valence-electron chi connectivity index (χ2n) is 9.47. The van der Waals surface area contributed by atoms with Gasteiger partial charge in [0.05, 0.1) is 0 Å². The molecule has 0 aromatic heterocycles. The first-order valence-corrected chi connectivity index (χ1v) is 11.8. The summed E-state index contributed by atoms with van der Waals surface area (Å²) in [6.45, 7) is 6.44. The number of carbonyl (C=O) groups excluding carboxylic acids is 2. The van der Waals surface area contributed by atoms with Gasteiger partial charge in [-0.1, -0.05) is 63.9 Å². The van der Waals surface area contributed by atoms with Crippen LogP contribution in [0.25, 0.3) is 0 Å². The molecule has 0 saturated carbocycles. The monoisotopic (exact) mass is 425 g/mol. The van der Waals surface area contributed by atoms with Gasteiger partial charge in [-0.25, -0.2) is 4.79 Å². The maximum atomic E-state index is 13.3. The zero-order chi connectivity index (χ0) is 22.8. The molecule has 1 aliphatic heterocycles. The van der Waals surface area contributed by atoms with Crippen molar-refractivity contribution in [2.24, 2.45) is 17.8 Å². The van der Waals surface area contributed by atoms with Gasteiger partial charge in [-0.2, -0.15) is 0 Å². The molecule has 1 saturated heterocycles. The Hall–Kier alpha value is -2.28. The summed E-state index contributed by atoms with van der Waals surface area (Å²) in [5, 5.41) is 0. The van der Waals surface area contributed by atoms with Crippen molar-refractivity contribution in [2.45, 2.75) is 84.3 Å². The van der Waals surface area contributed by atoms with Crippen LogP contribution < -0.4 is 0 Å². The molecule has 1 unspecified atom stereocenters. The molecule has 1 aromatic rings. The zero-order valence-electron chi connectivity index (χ0n) is 19.7. The Balaban J connectivity index is 2.29. The Labute approximate surface area is 188 Å². The SMILES string of the molecule is C#CCCC[C@@H]1C[C@H](C)CC[C@@H](C)C[C@@H](C)C(=O)N(C)C(Cc2ccccc2)C(=O)O1. The minimum absolute atomic E-state index is 0.0147. The third-order valence-electron chi connectivity index (χ3n) is 6.48.